The fraction of sp³-hybridized carbons (Fsp3) is 0.160. The fourth-order valence-corrected chi connectivity index (χ4v) is 8.84. The van der Waals surface area contributed by atoms with Crippen molar-refractivity contribution in [1.82, 2.24) is 18.6 Å². The van der Waals surface area contributed by atoms with Gasteiger partial charge in [0.15, 0.2) is 0 Å². The fourth-order valence-electron chi connectivity index (χ4n) is 7.42. The van der Waals surface area contributed by atoms with Gasteiger partial charge in [0, 0.05) is 41.0 Å². The third-order valence-electron chi connectivity index (χ3n) is 10.3. The number of primary amides is 1. The lowest BCUT2D eigenvalue weighted by molar-refractivity contribution is -0.145. The molecule has 0 saturated heterocycles. The summed E-state index contributed by atoms with van der Waals surface area (Å²) in [6.45, 7) is 1.85. The zero-order chi connectivity index (χ0) is 46.8. The van der Waals surface area contributed by atoms with Crippen LogP contribution in [0.1, 0.15) is 18.1 Å². The topological polar surface area (TPSA) is 190 Å². The number of benzene rings is 6. The lowest BCUT2D eigenvalue weighted by Gasteiger charge is -2.15. The number of sulfonamides is 2. The quantitative estimate of drug-likeness (QED) is 0.0765. The highest BCUT2D eigenvalue weighted by molar-refractivity contribution is 7.89. The Morgan fingerprint density at radius 3 is 1.29 bits per heavy atom. The normalized spacial score (nSPS) is 12.5. The van der Waals surface area contributed by atoms with E-state index in [1.807, 2.05) is 179 Å². The maximum absolute atomic E-state index is 12.5. The van der Waals surface area contributed by atoms with E-state index in [0.29, 0.717) is 11.5 Å². The highest BCUT2D eigenvalue weighted by Gasteiger charge is 2.26. The molecule has 2 heterocycles. The molecule has 340 valence electrons. The number of amides is 1. The predicted molar refractivity (Wildman–Crippen MR) is 256 cm³/mol. The lowest BCUT2D eigenvalue weighted by Crippen LogP contribution is -2.45. The predicted octanol–water partition coefficient (Wildman–Crippen LogP) is 7.81. The summed E-state index contributed by atoms with van der Waals surface area (Å²) in [5, 5.41) is 1.84. The van der Waals surface area contributed by atoms with Crippen LogP contribution in [-0.2, 0) is 47.2 Å². The standard InChI is InChI=1S/C26H26N2O5S.C24H23N3O4S/c1-3-32-26(29)24(27-34(2,30)31)17-19-18-28(25-12-8-7-11-23(19)25)20-13-15-22(16-14-20)33-21-9-5-4-6-10-21;1-32(29,30)26-22(24(25)28)15-17-16-27(23-10-6-5-9-21(17)23)18-11-13-20(14-12-18)31-19-7-3-2-4-8-19/h4-16,18,24,27H,3,17H2,1-2H3;2-14,16,22,26H,15H2,1H3,(H2,25,28). The second kappa shape index (κ2) is 20.7. The molecular weight excluding hydrogens is 879 g/mol. The van der Waals surface area contributed by atoms with E-state index in [0.717, 1.165) is 68.3 Å². The number of aromatic nitrogens is 2. The van der Waals surface area contributed by atoms with Gasteiger partial charge in [-0.3, -0.25) is 9.59 Å². The largest absolute Gasteiger partial charge is 0.465 e. The van der Waals surface area contributed by atoms with E-state index in [-0.39, 0.29) is 19.4 Å². The van der Waals surface area contributed by atoms with Crippen molar-refractivity contribution in [1.29, 1.82) is 0 Å². The number of ether oxygens (including phenoxy) is 3. The maximum Gasteiger partial charge on any atom is 0.324 e. The Bertz CT molecular complexity index is 3160. The number of hydrogen-bond donors (Lipinski definition) is 3. The first kappa shape index (κ1) is 46.7. The van der Waals surface area contributed by atoms with Crippen LogP contribution in [0.15, 0.2) is 170 Å². The molecule has 8 aromatic rings. The van der Waals surface area contributed by atoms with Crippen LogP contribution in [0.25, 0.3) is 33.2 Å². The van der Waals surface area contributed by atoms with Gasteiger partial charge < -0.3 is 29.1 Å². The monoisotopic (exact) mass is 927 g/mol. The van der Waals surface area contributed by atoms with Gasteiger partial charge in [0.1, 0.15) is 35.1 Å². The van der Waals surface area contributed by atoms with Gasteiger partial charge in [-0.1, -0.05) is 72.8 Å². The van der Waals surface area contributed by atoms with Gasteiger partial charge in [-0.15, -0.1) is 0 Å². The number of esters is 1. The molecule has 0 bridgehead atoms. The Morgan fingerprint density at radius 1 is 0.530 bits per heavy atom. The number of nitrogens with one attached hydrogen (secondary N) is 2. The van der Waals surface area contributed by atoms with E-state index in [2.05, 4.69) is 9.44 Å². The van der Waals surface area contributed by atoms with Crippen molar-refractivity contribution in [3.05, 3.63) is 181 Å². The van der Waals surface area contributed by atoms with Crippen LogP contribution in [-0.4, -0.2) is 69.0 Å². The zero-order valence-electron chi connectivity index (χ0n) is 36.4. The van der Waals surface area contributed by atoms with Crippen molar-refractivity contribution in [3.63, 3.8) is 0 Å². The number of rotatable bonds is 17. The van der Waals surface area contributed by atoms with Crippen molar-refractivity contribution >= 4 is 53.7 Å². The van der Waals surface area contributed by atoms with E-state index in [4.69, 9.17) is 19.9 Å². The molecule has 0 radical (unpaired) electrons. The van der Waals surface area contributed by atoms with Gasteiger partial charge in [-0.2, -0.15) is 0 Å². The first-order chi connectivity index (χ1) is 31.6. The van der Waals surface area contributed by atoms with E-state index in [1.54, 1.807) is 6.92 Å². The summed E-state index contributed by atoms with van der Waals surface area (Å²) >= 11 is 0. The number of para-hydroxylation sites is 4. The zero-order valence-corrected chi connectivity index (χ0v) is 38.0. The Hall–Kier alpha value is -7.24. The van der Waals surface area contributed by atoms with Gasteiger partial charge in [0.05, 0.1) is 30.2 Å². The van der Waals surface area contributed by atoms with Crippen molar-refractivity contribution in [3.8, 4) is 34.4 Å². The van der Waals surface area contributed by atoms with Crippen molar-refractivity contribution < 1.29 is 40.6 Å². The molecule has 0 fully saturated rings. The molecule has 2 atom stereocenters. The van der Waals surface area contributed by atoms with Crippen LogP contribution in [0, 0.1) is 0 Å². The number of fused-ring (bicyclic) bond motifs is 2. The molecule has 66 heavy (non-hydrogen) atoms. The summed E-state index contributed by atoms with van der Waals surface area (Å²) in [7, 11) is -7.20. The second-order valence-electron chi connectivity index (χ2n) is 15.3. The van der Waals surface area contributed by atoms with Gasteiger partial charge in [0.25, 0.3) is 0 Å². The average molecular weight is 928 g/mol. The number of carbonyl (C=O) groups excluding carboxylic acids is 2. The maximum atomic E-state index is 12.5. The van der Waals surface area contributed by atoms with Crippen LogP contribution >= 0.6 is 0 Å². The van der Waals surface area contributed by atoms with E-state index >= 15 is 0 Å². The van der Waals surface area contributed by atoms with E-state index < -0.39 is 44.0 Å². The smallest absolute Gasteiger partial charge is 0.324 e. The molecule has 0 aliphatic rings. The Kier molecular flexibility index (Phi) is 14.7. The van der Waals surface area contributed by atoms with Crippen LogP contribution in [0.5, 0.6) is 23.0 Å². The number of nitrogens with zero attached hydrogens (tertiary/aromatic N) is 2. The molecule has 0 aliphatic carbocycles. The summed E-state index contributed by atoms with van der Waals surface area (Å²) in [5.41, 5.74) is 10.8. The molecule has 0 saturated carbocycles. The minimum Gasteiger partial charge on any atom is -0.465 e. The van der Waals surface area contributed by atoms with Crippen LogP contribution in [0.4, 0.5) is 0 Å². The third kappa shape index (κ3) is 12.3. The van der Waals surface area contributed by atoms with E-state index in [1.165, 1.54) is 0 Å². The molecule has 0 spiro atoms. The highest BCUT2D eigenvalue weighted by atomic mass is 32.2. The molecule has 8 rings (SSSR count). The summed E-state index contributed by atoms with van der Waals surface area (Å²) in [5.74, 6) is 1.60. The van der Waals surface area contributed by atoms with E-state index in [9.17, 15) is 26.4 Å². The third-order valence-corrected chi connectivity index (χ3v) is 11.7. The van der Waals surface area contributed by atoms with Crippen molar-refractivity contribution in [2.45, 2.75) is 31.8 Å². The van der Waals surface area contributed by atoms with Crippen LogP contribution in [0.2, 0.25) is 0 Å². The molecule has 2 aromatic heterocycles. The summed E-state index contributed by atoms with van der Waals surface area (Å²) in [4.78, 5) is 24.3. The molecule has 6 aromatic carbocycles. The molecule has 4 N–H and O–H groups in total. The molecule has 16 heteroatoms. The SMILES string of the molecule is CCOC(=O)C(Cc1cn(-c2ccc(Oc3ccccc3)cc2)c2ccccc12)NS(C)(=O)=O.CS(=O)(=O)NC(Cc1cn(-c2ccc(Oc3ccccc3)cc2)c2ccccc12)C(N)=O. The molecule has 14 nitrogen and oxygen atoms in total. The number of hydrogen-bond acceptors (Lipinski definition) is 9. The molecule has 1 amide bonds. The summed E-state index contributed by atoms with van der Waals surface area (Å²) < 4.78 is 72.6. The van der Waals surface area contributed by atoms with Gasteiger partial charge >= 0.3 is 5.97 Å². The highest BCUT2D eigenvalue weighted by Crippen LogP contribution is 2.30. The van der Waals surface area contributed by atoms with Crippen molar-refractivity contribution in [2.24, 2.45) is 5.73 Å². The van der Waals surface area contributed by atoms with Gasteiger partial charge in [0.2, 0.25) is 26.0 Å². The summed E-state index contributed by atoms with van der Waals surface area (Å²) in [6.07, 6.45) is 6.16. The number of nitrogens with two attached hydrogens (primary N) is 1. The van der Waals surface area contributed by atoms with Crippen LogP contribution < -0.4 is 24.7 Å². The van der Waals surface area contributed by atoms with Gasteiger partial charge in [-0.05, 0) is 109 Å². The molecule has 2 unspecified atom stereocenters. The van der Waals surface area contributed by atoms with Gasteiger partial charge in [-0.25, -0.2) is 26.3 Å². The first-order valence-corrected chi connectivity index (χ1v) is 24.7. The molecule has 0 aliphatic heterocycles. The molecular formula is C50H49N5O9S2. The Labute approximate surface area is 383 Å². The van der Waals surface area contributed by atoms with Crippen LogP contribution in [0.3, 0.4) is 0 Å². The number of carbonyl (C=O) groups is 2. The minimum atomic E-state index is -3.61. The van der Waals surface area contributed by atoms with Crippen molar-refractivity contribution in [2.75, 3.05) is 19.1 Å². The summed E-state index contributed by atoms with van der Waals surface area (Å²) in [6, 6.07) is 47.9. The average Bonchev–Trinajstić information content (AvgIpc) is 3.85. The lowest BCUT2D eigenvalue weighted by atomic mass is 10.1. The second-order valence-corrected chi connectivity index (χ2v) is 18.9. The Balaban J connectivity index is 0.000000197. The minimum absolute atomic E-state index is 0.144. The first-order valence-electron chi connectivity index (χ1n) is 20.9. The Morgan fingerprint density at radius 2 is 0.894 bits per heavy atom.